The van der Waals surface area contributed by atoms with Gasteiger partial charge < -0.3 is 0 Å². The summed E-state index contributed by atoms with van der Waals surface area (Å²) in [6, 6.07) is 0. The molecule has 2 unspecified atom stereocenters. The van der Waals surface area contributed by atoms with Crippen LogP contribution >= 0.6 is 0 Å². The van der Waals surface area contributed by atoms with Crippen LogP contribution in [0.4, 0.5) is 0 Å². The molecule has 4 heteroatoms. The van der Waals surface area contributed by atoms with Gasteiger partial charge in [0.05, 0.1) is 0 Å². The highest BCUT2D eigenvalue weighted by Crippen LogP contribution is 2.31. The van der Waals surface area contributed by atoms with Crippen LogP contribution in [0.1, 0.15) is 58.2 Å². The van der Waals surface area contributed by atoms with Crippen molar-refractivity contribution in [2.24, 2.45) is 11.8 Å². The molecule has 2 rings (SSSR count). The number of carbonyl (C=O) groups excluding carboxylic acids is 1. The van der Waals surface area contributed by atoms with Crippen molar-refractivity contribution in [1.29, 1.82) is 0 Å². The highest BCUT2D eigenvalue weighted by molar-refractivity contribution is 5.81. The number of ketones is 1. The predicted octanol–water partition coefficient (Wildman–Crippen LogP) is 3.02. The quantitative estimate of drug-likeness (QED) is 0.792. The Labute approximate surface area is 115 Å². The van der Waals surface area contributed by atoms with Gasteiger partial charge in [-0.1, -0.05) is 26.7 Å². The molecular formula is C15H25N3O. The highest BCUT2D eigenvalue weighted by atomic mass is 16.1. The van der Waals surface area contributed by atoms with Crippen LogP contribution in [-0.4, -0.2) is 20.5 Å². The summed E-state index contributed by atoms with van der Waals surface area (Å²) in [6.45, 7) is 5.26. The molecule has 1 fully saturated rings. The Kier molecular flexibility index (Phi) is 5.11. The molecule has 0 spiro atoms. The summed E-state index contributed by atoms with van der Waals surface area (Å²) in [7, 11) is 0. The molecule has 2 atom stereocenters. The van der Waals surface area contributed by atoms with Crippen LogP contribution in [0.15, 0.2) is 6.33 Å². The summed E-state index contributed by atoms with van der Waals surface area (Å²) in [5, 5.41) is 4.25. The van der Waals surface area contributed by atoms with Gasteiger partial charge in [0, 0.05) is 25.3 Å². The fourth-order valence-corrected chi connectivity index (χ4v) is 3.13. The third-order valence-corrected chi connectivity index (χ3v) is 4.13. The lowest BCUT2D eigenvalue weighted by Crippen LogP contribution is -2.27. The standard InChI is InChI=1S/C15H25N3O/c1-3-5-12-6-7-14(19)13(9-12)10-15-16-11-17-18(15)8-4-2/h11-13H,3-10H2,1-2H3. The van der Waals surface area contributed by atoms with Crippen LogP contribution < -0.4 is 0 Å². The summed E-state index contributed by atoms with van der Waals surface area (Å²) < 4.78 is 1.96. The summed E-state index contributed by atoms with van der Waals surface area (Å²) in [6.07, 6.45) is 8.81. The minimum absolute atomic E-state index is 0.171. The lowest BCUT2D eigenvalue weighted by Gasteiger charge is -2.27. The van der Waals surface area contributed by atoms with Gasteiger partial charge in [-0.3, -0.25) is 9.48 Å². The van der Waals surface area contributed by atoms with Gasteiger partial charge in [0.2, 0.25) is 0 Å². The molecule has 0 aromatic carbocycles. The van der Waals surface area contributed by atoms with Gasteiger partial charge >= 0.3 is 0 Å². The van der Waals surface area contributed by atoms with Gasteiger partial charge in [-0.2, -0.15) is 5.10 Å². The first kappa shape index (κ1) is 14.2. The Morgan fingerprint density at radius 2 is 2.21 bits per heavy atom. The van der Waals surface area contributed by atoms with Crippen LogP contribution in [0.25, 0.3) is 0 Å². The number of aromatic nitrogens is 3. The molecule has 1 aliphatic rings. The molecular weight excluding hydrogens is 238 g/mol. The molecule has 0 amide bonds. The first-order valence-corrected chi connectivity index (χ1v) is 7.64. The van der Waals surface area contributed by atoms with Crippen LogP contribution in [0.2, 0.25) is 0 Å². The van der Waals surface area contributed by atoms with Crippen molar-refractivity contribution in [3.63, 3.8) is 0 Å². The minimum Gasteiger partial charge on any atom is -0.299 e. The predicted molar refractivity (Wildman–Crippen MR) is 74.8 cm³/mol. The van der Waals surface area contributed by atoms with Crippen LogP contribution in [0.5, 0.6) is 0 Å². The van der Waals surface area contributed by atoms with E-state index in [0.717, 1.165) is 50.4 Å². The topological polar surface area (TPSA) is 47.8 Å². The molecule has 1 aromatic heterocycles. The smallest absolute Gasteiger partial charge is 0.138 e. The molecule has 1 saturated carbocycles. The van der Waals surface area contributed by atoms with E-state index in [4.69, 9.17) is 0 Å². The van der Waals surface area contributed by atoms with Gasteiger partial charge in [0.15, 0.2) is 0 Å². The number of rotatable bonds is 6. The van der Waals surface area contributed by atoms with Gasteiger partial charge in [-0.05, 0) is 25.2 Å². The van der Waals surface area contributed by atoms with Crippen LogP contribution in [0, 0.1) is 11.8 Å². The van der Waals surface area contributed by atoms with Crippen LogP contribution in [0.3, 0.4) is 0 Å². The number of hydrogen-bond acceptors (Lipinski definition) is 3. The Hall–Kier alpha value is -1.19. The normalized spacial score (nSPS) is 23.8. The minimum atomic E-state index is 0.171. The molecule has 0 radical (unpaired) electrons. The summed E-state index contributed by atoms with van der Waals surface area (Å²) >= 11 is 0. The van der Waals surface area contributed by atoms with E-state index in [1.165, 1.54) is 12.8 Å². The number of nitrogens with zero attached hydrogens (tertiary/aromatic N) is 3. The zero-order valence-corrected chi connectivity index (χ0v) is 12.1. The second kappa shape index (κ2) is 6.83. The Morgan fingerprint density at radius 3 is 2.95 bits per heavy atom. The van der Waals surface area contributed by atoms with Crippen molar-refractivity contribution in [3.8, 4) is 0 Å². The third-order valence-electron chi connectivity index (χ3n) is 4.13. The van der Waals surface area contributed by atoms with E-state index in [9.17, 15) is 4.79 Å². The highest BCUT2D eigenvalue weighted by Gasteiger charge is 2.29. The van der Waals surface area contributed by atoms with Crippen molar-refractivity contribution in [1.82, 2.24) is 14.8 Å². The van der Waals surface area contributed by atoms with Gasteiger partial charge in [-0.25, -0.2) is 4.98 Å². The monoisotopic (exact) mass is 263 g/mol. The number of aryl methyl sites for hydroxylation is 1. The zero-order chi connectivity index (χ0) is 13.7. The zero-order valence-electron chi connectivity index (χ0n) is 12.1. The number of hydrogen-bond donors (Lipinski definition) is 0. The maximum absolute atomic E-state index is 12.1. The Morgan fingerprint density at radius 1 is 1.37 bits per heavy atom. The molecule has 1 heterocycles. The van der Waals surface area contributed by atoms with Crippen molar-refractivity contribution >= 4 is 5.78 Å². The van der Waals surface area contributed by atoms with E-state index < -0.39 is 0 Å². The van der Waals surface area contributed by atoms with Crippen LogP contribution in [-0.2, 0) is 17.8 Å². The van der Waals surface area contributed by atoms with E-state index in [1.54, 1.807) is 6.33 Å². The SMILES string of the molecule is CCCC1CCC(=O)C(Cc2ncnn2CCC)C1. The Balaban J connectivity index is 1.99. The molecule has 1 aliphatic carbocycles. The average molecular weight is 263 g/mol. The first-order chi connectivity index (χ1) is 9.24. The summed E-state index contributed by atoms with van der Waals surface area (Å²) in [5.74, 6) is 2.32. The van der Waals surface area contributed by atoms with Gasteiger partial charge in [0.25, 0.3) is 0 Å². The molecule has 19 heavy (non-hydrogen) atoms. The lowest BCUT2D eigenvalue weighted by molar-refractivity contribution is -0.125. The first-order valence-electron chi connectivity index (χ1n) is 7.64. The molecule has 0 saturated heterocycles. The number of Topliss-reactive ketones (excluding diaryl/α,β-unsaturated/α-hetero) is 1. The van der Waals surface area contributed by atoms with Crippen molar-refractivity contribution in [2.75, 3.05) is 0 Å². The summed E-state index contributed by atoms with van der Waals surface area (Å²) in [4.78, 5) is 16.4. The fourth-order valence-electron chi connectivity index (χ4n) is 3.13. The van der Waals surface area contributed by atoms with Crippen molar-refractivity contribution < 1.29 is 4.79 Å². The van der Waals surface area contributed by atoms with Crippen molar-refractivity contribution in [2.45, 2.75) is 65.3 Å². The fraction of sp³-hybridized carbons (Fsp3) is 0.800. The second-order valence-corrected chi connectivity index (χ2v) is 5.70. The van der Waals surface area contributed by atoms with E-state index >= 15 is 0 Å². The molecule has 1 aromatic rings. The average Bonchev–Trinajstić information content (AvgIpc) is 2.82. The molecule has 4 nitrogen and oxygen atoms in total. The van der Waals surface area contributed by atoms with Gasteiger partial charge in [0.1, 0.15) is 17.9 Å². The number of carbonyl (C=O) groups is 1. The van der Waals surface area contributed by atoms with E-state index in [-0.39, 0.29) is 5.92 Å². The van der Waals surface area contributed by atoms with E-state index in [2.05, 4.69) is 23.9 Å². The second-order valence-electron chi connectivity index (χ2n) is 5.70. The van der Waals surface area contributed by atoms with Crippen molar-refractivity contribution in [3.05, 3.63) is 12.2 Å². The third kappa shape index (κ3) is 3.64. The van der Waals surface area contributed by atoms with E-state index in [0.29, 0.717) is 5.78 Å². The van der Waals surface area contributed by atoms with Gasteiger partial charge in [-0.15, -0.1) is 0 Å². The largest absolute Gasteiger partial charge is 0.299 e. The molecule has 0 aliphatic heterocycles. The molecule has 106 valence electrons. The van der Waals surface area contributed by atoms with E-state index in [1.807, 2.05) is 4.68 Å². The maximum atomic E-state index is 12.1. The lowest BCUT2D eigenvalue weighted by atomic mass is 9.77. The summed E-state index contributed by atoms with van der Waals surface area (Å²) in [5.41, 5.74) is 0. The molecule has 0 N–H and O–H groups in total. The molecule has 0 bridgehead atoms. The Bertz CT molecular complexity index is 413. The maximum Gasteiger partial charge on any atom is 0.138 e.